The van der Waals surface area contributed by atoms with Gasteiger partial charge in [-0.05, 0) is 65.8 Å². The van der Waals surface area contributed by atoms with Crippen molar-refractivity contribution in [1.82, 2.24) is 20.5 Å². The number of hydrogen-bond acceptors (Lipinski definition) is 10. The van der Waals surface area contributed by atoms with Gasteiger partial charge in [0.25, 0.3) is 0 Å². The minimum Gasteiger partial charge on any atom is -0.493 e. The third-order valence-electron chi connectivity index (χ3n) is 8.38. The molecular weight excluding hydrogens is 628 g/mol. The van der Waals surface area contributed by atoms with Crippen molar-refractivity contribution in [3.63, 3.8) is 0 Å². The number of ether oxygens (including phenoxy) is 4. The summed E-state index contributed by atoms with van der Waals surface area (Å²) < 4.78 is 22.3. The van der Waals surface area contributed by atoms with Crippen LogP contribution in [0, 0.1) is 5.92 Å². The summed E-state index contributed by atoms with van der Waals surface area (Å²) in [6.45, 7) is 5.54. The van der Waals surface area contributed by atoms with E-state index in [-0.39, 0.29) is 28.8 Å². The van der Waals surface area contributed by atoms with Gasteiger partial charge in [-0.2, -0.15) is 5.10 Å². The van der Waals surface area contributed by atoms with Gasteiger partial charge in [-0.1, -0.05) is 32.0 Å². The average Bonchev–Trinajstić information content (AvgIpc) is 3.42. The lowest BCUT2D eigenvalue weighted by Gasteiger charge is -2.22. The third kappa shape index (κ3) is 7.51. The smallest absolute Gasteiger partial charge is 0.247 e. The summed E-state index contributed by atoms with van der Waals surface area (Å²) in [6, 6.07) is 12.9. The molecule has 1 aliphatic carbocycles. The molecule has 0 saturated carbocycles. The van der Waals surface area contributed by atoms with E-state index in [9.17, 15) is 14.4 Å². The van der Waals surface area contributed by atoms with E-state index >= 15 is 0 Å². The van der Waals surface area contributed by atoms with E-state index in [1.54, 1.807) is 45.6 Å². The van der Waals surface area contributed by atoms with Crippen LogP contribution in [0.1, 0.15) is 50.2 Å². The molecule has 2 amide bonds. The molecule has 1 heterocycles. The Hall–Kier alpha value is -5.43. The molecular formula is C36H42N6O7. The number of carbonyl (C=O) groups excluding carboxylic acids is 2. The summed E-state index contributed by atoms with van der Waals surface area (Å²) >= 11 is 0. The maximum absolute atomic E-state index is 13.9. The lowest BCUT2D eigenvalue weighted by molar-refractivity contribution is -0.120. The highest BCUT2D eigenvalue weighted by Gasteiger charge is 2.30. The van der Waals surface area contributed by atoms with Gasteiger partial charge in [-0.15, -0.1) is 0 Å². The molecule has 0 unspecified atom stereocenters. The minimum atomic E-state index is -0.771. The molecule has 0 spiro atoms. The van der Waals surface area contributed by atoms with E-state index in [1.807, 2.05) is 32.0 Å². The second-order valence-corrected chi connectivity index (χ2v) is 12.1. The molecule has 0 fully saturated rings. The SMILES string of the molecule is COCc1nc(-c2cccc(NC(=O)[C@H](Nc3ccc4c(cc3=O)[C@@H](NC(C)=O)CCc3cc(OC)c(OC)c(OC)c3-4)C(C)C)c2)n[nH]1. The first-order valence-corrected chi connectivity index (χ1v) is 15.9. The van der Waals surface area contributed by atoms with Crippen molar-refractivity contribution in [3.8, 4) is 39.8 Å². The van der Waals surface area contributed by atoms with Crippen LogP contribution in [0.4, 0.5) is 11.4 Å². The van der Waals surface area contributed by atoms with Crippen molar-refractivity contribution in [2.45, 2.75) is 52.3 Å². The molecule has 0 bridgehead atoms. The van der Waals surface area contributed by atoms with Crippen molar-refractivity contribution in [2.24, 2.45) is 5.92 Å². The summed E-state index contributed by atoms with van der Waals surface area (Å²) in [5.41, 5.74) is 4.12. The van der Waals surface area contributed by atoms with Gasteiger partial charge in [0.1, 0.15) is 12.6 Å². The summed E-state index contributed by atoms with van der Waals surface area (Å²) in [5.74, 6) is 1.70. The highest BCUT2D eigenvalue weighted by molar-refractivity contribution is 5.97. The average molecular weight is 671 g/mol. The molecule has 1 aromatic heterocycles. The highest BCUT2D eigenvalue weighted by atomic mass is 16.5. The van der Waals surface area contributed by atoms with Gasteiger partial charge in [-0.25, -0.2) is 4.98 Å². The first kappa shape index (κ1) is 34.9. The molecule has 3 aromatic carbocycles. The number of carbonyl (C=O) groups is 2. The Labute approximate surface area is 284 Å². The van der Waals surface area contributed by atoms with Gasteiger partial charge in [-0.3, -0.25) is 19.5 Å². The number of anilines is 2. The van der Waals surface area contributed by atoms with E-state index in [1.165, 1.54) is 20.1 Å². The zero-order chi connectivity index (χ0) is 35.2. The van der Waals surface area contributed by atoms with Crippen LogP contribution in [0.2, 0.25) is 0 Å². The zero-order valence-corrected chi connectivity index (χ0v) is 28.7. The van der Waals surface area contributed by atoms with Gasteiger partial charge in [0.15, 0.2) is 23.1 Å². The quantitative estimate of drug-likeness (QED) is 0.163. The fraction of sp³-hybridized carbons (Fsp3) is 0.361. The molecule has 13 nitrogen and oxygen atoms in total. The summed E-state index contributed by atoms with van der Waals surface area (Å²) in [7, 11) is 6.22. The van der Waals surface area contributed by atoms with Gasteiger partial charge in [0, 0.05) is 30.8 Å². The van der Waals surface area contributed by atoms with Crippen LogP contribution < -0.4 is 35.6 Å². The van der Waals surface area contributed by atoms with E-state index < -0.39 is 12.1 Å². The molecule has 0 saturated heterocycles. The molecule has 0 radical (unpaired) electrons. The maximum atomic E-state index is 13.9. The first-order chi connectivity index (χ1) is 23.6. The normalized spacial score (nSPS) is 14.2. The van der Waals surface area contributed by atoms with Crippen molar-refractivity contribution in [2.75, 3.05) is 39.1 Å². The predicted molar refractivity (Wildman–Crippen MR) is 186 cm³/mol. The fourth-order valence-corrected chi connectivity index (χ4v) is 6.11. The number of amides is 2. The van der Waals surface area contributed by atoms with Crippen molar-refractivity contribution in [3.05, 3.63) is 75.7 Å². The monoisotopic (exact) mass is 670 g/mol. The Morgan fingerprint density at radius 3 is 2.45 bits per heavy atom. The molecule has 0 aliphatic heterocycles. The lowest BCUT2D eigenvalue weighted by atomic mass is 9.95. The largest absolute Gasteiger partial charge is 0.493 e. The number of nitrogens with one attached hydrogen (secondary N) is 4. The summed E-state index contributed by atoms with van der Waals surface area (Å²) in [6.07, 6.45) is 1.11. The van der Waals surface area contributed by atoms with Gasteiger partial charge in [0.2, 0.25) is 23.0 Å². The van der Waals surface area contributed by atoms with E-state index in [2.05, 4.69) is 31.1 Å². The van der Waals surface area contributed by atoms with Crippen LogP contribution in [0.15, 0.2) is 53.3 Å². The Kier molecular flexibility index (Phi) is 10.8. The molecule has 49 heavy (non-hydrogen) atoms. The molecule has 4 N–H and O–H groups in total. The maximum Gasteiger partial charge on any atom is 0.247 e. The Bertz CT molecular complexity index is 1910. The minimum absolute atomic E-state index is 0.194. The number of nitrogens with zero attached hydrogens (tertiary/aromatic N) is 2. The number of rotatable bonds is 12. The molecule has 13 heteroatoms. The van der Waals surface area contributed by atoms with Gasteiger partial charge in [0.05, 0.1) is 33.1 Å². The first-order valence-electron chi connectivity index (χ1n) is 15.9. The van der Waals surface area contributed by atoms with E-state index in [0.717, 1.165) is 11.1 Å². The van der Waals surface area contributed by atoms with Crippen LogP contribution in [0.5, 0.6) is 17.2 Å². The Morgan fingerprint density at radius 1 is 1.00 bits per heavy atom. The second kappa shape index (κ2) is 15.2. The van der Waals surface area contributed by atoms with E-state index in [0.29, 0.717) is 70.7 Å². The lowest BCUT2D eigenvalue weighted by Crippen LogP contribution is -2.39. The molecule has 258 valence electrons. The van der Waals surface area contributed by atoms with Crippen LogP contribution in [-0.2, 0) is 27.4 Å². The topological polar surface area (TPSA) is 166 Å². The Balaban J connectivity index is 1.52. The molecule has 2 atom stereocenters. The number of H-pyrrole nitrogens is 1. The van der Waals surface area contributed by atoms with E-state index in [4.69, 9.17) is 18.9 Å². The number of benzene rings is 2. The predicted octanol–water partition coefficient (Wildman–Crippen LogP) is 4.87. The van der Waals surface area contributed by atoms with Crippen LogP contribution in [0.25, 0.3) is 22.5 Å². The second-order valence-electron chi connectivity index (χ2n) is 12.1. The standard InChI is InChI=1S/C36H42N6O7/c1-19(2)32(36(45)38-23-10-8-9-22(15-23)35-40-30(18-46-4)41-42-35)39-27-14-12-24-25(17-28(27)44)26(37-20(3)43)13-11-21-16-29(47-5)33(48-6)34(49-7)31(21)24/h8-10,12,14-17,19,26,32H,11,13,18H2,1-7H3,(H,37,43)(H,38,45)(H,39,44)(H,40,41,42)/t26-,32+/m0/s1. The highest BCUT2D eigenvalue weighted by Crippen LogP contribution is 2.50. The van der Waals surface area contributed by atoms with Crippen molar-refractivity contribution >= 4 is 23.2 Å². The number of aryl methyl sites for hydroxylation is 1. The Morgan fingerprint density at radius 2 is 1.78 bits per heavy atom. The zero-order valence-electron chi connectivity index (χ0n) is 28.7. The number of methoxy groups -OCH3 is 4. The summed E-state index contributed by atoms with van der Waals surface area (Å²) in [5, 5.41) is 16.3. The molecule has 4 aromatic rings. The van der Waals surface area contributed by atoms with Crippen LogP contribution in [0.3, 0.4) is 0 Å². The fourth-order valence-electron chi connectivity index (χ4n) is 6.11. The van der Waals surface area contributed by atoms with Crippen LogP contribution >= 0.6 is 0 Å². The van der Waals surface area contributed by atoms with Gasteiger partial charge < -0.3 is 34.9 Å². The number of fused-ring (bicyclic) bond motifs is 3. The number of hydrogen-bond donors (Lipinski definition) is 4. The number of aromatic nitrogens is 3. The van der Waals surface area contributed by atoms with Crippen molar-refractivity contribution in [1.29, 1.82) is 0 Å². The van der Waals surface area contributed by atoms with Crippen LogP contribution in [-0.4, -0.2) is 61.5 Å². The summed E-state index contributed by atoms with van der Waals surface area (Å²) in [4.78, 5) is 44.4. The number of aromatic amines is 1. The molecule has 5 rings (SSSR count). The van der Waals surface area contributed by atoms with Gasteiger partial charge >= 0.3 is 0 Å². The molecule has 1 aliphatic rings. The third-order valence-corrected chi connectivity index (χ3v) is 8.38. The van der Waals surface area contributed by atoms with Crippen molar-refractivity contribution < 1.29 is 28.5 Å².